The Balaban J connectivity index is 1.94. The highest BCUT2D eigenvalue weighted by Crippen LogP contribution is 2.28. The number of aryl methyl sites for hydroxylation is 1. The summed E-state index contributed by atoms with van der Waals surface area (Å²) in [7, 11) is -4.24. The molecule has 0 aliphatic rings. The molecule has 0 aliphatic heterocycles. The molecule has 2 aromatic carbocycles. The molecule has 0 atom stereocenters. The van der Waals surface area contributed by atoms with E-state index >= 15 is 0 Å². The quantitative estimate of drug-likeness (QED) is 0.385. The van der Waals surface area contributed by atoms with Crippen molar-refractivity contribution in [3.63, 3.8) is 0 Å². The van der Waals surface area contributed by atoms with Crippen LogP contribution in [0.3, 0.4) is 0 Å². The van der Waals surface area contributed by atoms with Crippen molar-refractivity contribution in [1.29, 1.82) is 0 Å². The van der Waals surface area contributed by atoms with E-state index in [1.807, 2.05) is 24.3 Å². The van der Waals surface area contributed by atoms with Gasteiger partial charge in [-0.15, -0.1) is 0 Å². The summed E-state index contributed by atoms with van der Waals surface area (Å²) in [4.78, 5) is -0.167. The zero-order chi connectivity index (χ0) is 18.8. The minimum Gasteiger partial charge on any atom is -0.457 e. The van der Waals surface area contributed by atoms with Crippen molar-refractivity contribution < 1.29 is 17.7 Å². The van der Waals surface area contributed by atoms with Crippen LogP contribution in [0.4, 0.5) is 0 Å². The van der Waals surface area contributed by atoms with Crippen LogP contribution in [0.1, 0.15) is 57.4 Å². The Labute approximate surface area is 157 Å². The Morgan fingerprint density at radius 2 is 1.58 bits per heavy atom. The minimum atomic E-state index is -4.24. The first-order valence-corrected chi connectivity index (χ1v) is 10.8. The second kappa shape index (κ2) is 10.3. The van der Waals surface area contributed by atoms with Crippen molar-refractivity contribution >= 4 is 10.1 Å². The second-order valence-electron chi connectivity index (χ2n) is 6.53. The second-order valence-corrected chi connectivity index (χ2v) is 7.95. The molecule has 0 fully saturated rings. The maximum Gasteiger partial charge on any atom is 0.294 e. The Morgan fingerprint density at radius 1 is 0.885 bits per heavy atom. The van der Waals surface area contributed by atoms with Crippen LogP contribution in [-0.2, 0) is 16.5 Å². The molecule has 0 saturated heterocycles. The molecular formula is C21H28O4S. The van der Waals surface area contributed by atoms with Crippen LogP contribution in [0.5, 0.6) is 11.5 Å². The molecular weight excluding hydrogens is 348 g/mol. The highest BCUT2D eigenvalue weighted by Gasteiger charge is 2.11. The van der Waals surface area contributed by atoms with Gasteiger partial charge in [0.1, 0.15) is 11.5 Å². The predicted octanol–water partition coefficient (Wildman–Crippen LogP) is 6.02. The van der Waals surface area contributed by atoms with Gasteiger partial charge in [-0.25, -0.2) is 0 Å². The molecule has 0 saturated carbocycles. The lowest BCUT2D eigenvalue weighted by molar-refractivity contribution is 0.466. The van der Waals surface area contributed by atoms with Gasteiger partial charge < -0.3 is 4.74 Å². The van der Waals surface area contributed by atoms with Crippen LogP contribution in [0.25, 0.3) is 0 Å². The third-order valence-electron chi connectivity index (χ3n) is 4.35. The number of benzene rings is 2. The van der Waals surface area contributed by atoms with Gasteiger partial charge in [-0.1, -0.05) is 69.7 Å². The number of ether oxygens (including phenoxy) is 1. The van der Waals surface area contributed by atoms with E-state index < -0.39 is 10.1 Å². The fourth-order valence-corrected chi connectivity index (χ4v) is 3.42. The first kappa shape index (κ1) is 20.5. The van der Waals surface area contributed by atoms with E-state index in [0.717, 1.165) is 24.2 Å². The zero-order valence-corrected chi connectivity index (χ0v) is 16.2. The van der Waals surface area contributed by atoms with E-state index in [0.29, 0.717) is 5.75 Å². The normalized spacial score (nSPS) is 11.5. The first-order chi connectivity index (χ1) is 12.5. The van der Waals surface area contributed by atoms with Gasteiger partial charge in [-0.2, -0.15) is 8.42 Å². The summed E-state index contributed by atoms with van der Waals surface area (Å²) in [5, 5.41) is 0. The molecule has 2 aromatic rings. The van der Waals surface area contributed by atoms with Gasteiger partial charge in [-0.05, 0) is 36.6 Å². The van der Waals surface area contributed by atoms with Crippen LogP contribution in [0.15, 0.2) is 53.4 Å². The van der Waals surface area contributed by atoms with Crippen molar-refractivity contribution in [2.45, 2.75) is 63.2 Å². The van der Waals surface area contributed by atoms with Crippen molar-refractivity contribution in [2.24, 2.45) is 0 Å². The van der Waals surface area contributed by atoms with E-state index in [1.54, 1.807) is 12.1 Å². The average molecular weight is 377 g/mol. The SMILES string of the molecule is CCCCCCCCCc1ccccc1Oc1cccc(S(=O)(=O)O)c1. The third-order valence-corrected chi connectivity index (χ3v) is 5.20. The van der Waals surface area contributed by atoms with Crippen LogP contribution in [0.2, 0.25) is 0 Å². The number of hydrogen-bond acceptors (Lipinski definition) is 3. The molecule has 0 radical (unpaired) electrons. The molecule has 0 bridgehead atoms. The van der Waals surface area contributed by atoms with Gasteiger partial charge >= 0.3 is 0 Å². The van der Waals surface area contributed by atoms with Gasteiger partial charge in [-0.3, -0.25) is 4.55 Å². The van der Waals surface area contributed by atoms with Gasteiger partial charge in [0, 0.05) is 6.07 Å². The minimum absolute atomic E-state index is 0.167. The topological polar surface area (TPSA) is 63.6 Å². The third kappa shape index (κ3) is 6.81. The number of para-hydroxylation sites is 1. The predicted molar refractivity (Wildman–Crippen MR) is 104 cm³/mol. The molecule has 0 heterocycles. The monoisotopic (exact) mass is 376 g/mol. The largest absolute Gasteiger partial charge is 0.457 e. The van der Waals surface area contributed by atoms with Gasteiger partial charge in [0.15, 0.2) is 0 Å². The molecule has 0 spiro atoms. The summed E-state index contributed by atoms with van der Waals surface area (Å²) in [6.07, 6.45) is 9.72. The zero-order valence-electron chi connectivity index (χ0n) is 15.4. The highest BCUT2D eigenvalue weighted by atomic mass is 32.2. The lowest BCUT2D eigenvalue weighted by Gasteiger charge is -2.12. The summed E-state index contributed by atoms with van der Waals surface area (Å²) < 4.78 is 37.6. The molecule has 1 N–H and O–H groups in total. The molecule has 0 unspecified atom stereocenters. The van der Waals surface area contributed by atoms with E-state index in [-0.39, 0.29) is 4.90 Å². The fraction of sp³-hybridized carbons (Fsp3) is 0.429. The van der Waals surface area contributed by atoms with Crippen molar-refractivity contribution in [3.8, 4) is 11.5 Å². The smallest absolute Gasteiger partial charge is 0.294 e. The molecule has 0 amide bonds. The average Bonchev–Trinajstić information content (AvgIpc) is 2.62. The maximum atomic E-state index is 11.3. The highest BCUT2D eigenvalue weighted by molar-refractivity contribution is 7.85. The summed E-state index contributed by atoms with van der Waals surface area (Å²) in [5.41, 5.74) is 1.11. The van der Waals surface area contributed by atoms with Crippen LogP contribution in [-0.4, -0.2) is 13.0 Å². The fourth-order valence-electron chi connectivity index (χ4n) is 2.91. The molecule has 0 aliphatic carbocycles. The standard InChI is InChI=1S/C21H28O4S/c1-2-3-4-5-6-7-8-12-18-13-9-10-16-21(18)25-19-14-11-15-20(17-19)26(22,23)24/h9-11,13-17H,2-8,12H2,1H3,(H,22,23,24). The van der Waals surface area contributed by atoms with E-state index in [1.165, 1.54) is 50.7 Å². The van der Waals surface area contributed by atoms with Gasteiger partial charge in [0.2, 0.25) is 0 Å². The van der Waals surface area contributed by atoms with Crippen molar-refractivity contribution in [3.05, 3.63) is 54.1 Å². The maximum absolute atomic E-state index is 11.3. The Kier molecular flexibility index (Phi) is 8.13. The number of hydrogen-bond donors (Lipinski definition) is 1. The Morgan fingerprint density at radius 3 is 2.31 bits per heavy atom. The Hall–Kier alpha value is -1.85. The van der Waals surface area contributed by atoms with Crippen molar-refractivity contribution in [1.82, 2.24) is 0 Å². The summed E-state index contributed by atoms with van der Waals surface area (Å²) in [6, 6.07) is 13.7. The van der Waals surface area contributed by atoms with Crippen LogP contribution >= 0.6 is 0 Å². The van der Waals surface area contributed by atoms with Crippen LogP contribution < -0.4 is 4.74 Å². The van der Waals surface area contributed by atoms with Gasteiger partial charge in [0.05, 0.1) is 4.90 Å². The molecule has 4 nitrogen and oxygen atoms in total. The first-order valence-electron chi connectivity index (χ1n) is 9.34. The summed E-state index contributed by atoms with van der Waals surface area (Å²) in [6.45, 7) is 2.22. The van der Waals surface area contributed by atoms with Gasteiger partial charge in [0.25, 0.3) is 10.1 Å². The van der Waals surface area contributed by atoms with Crippen LogP contribution in [0, 0.1) is 0 Å². The lowest BCUT2D eigenvalue weighted by Crippen LogP contribution is -1.98. The lowest BCUT2D eigenvalue weighted by atomic mass is 10.0. The number of rotatable bonds is 11. The molecule has 26 heavy (non-hydrogen) atoms. The molecule has 0 aromatic heterocycles. The van der Waals surface area contributed by atoms with Crippen molar-refractivity contribution in [2.75, 3.05) is 0 Å². The molecule has 2 rings (SSSR count). The molecule has 5 heteroatoms. The number of unbranched alkanes of at least 4 members (excludes halogenated alkanes) is 6. The molecule has 142 valence electrons. The van der Waals surface area contributed by atoms with E-state index in [9.17, 15) is 13.0 Å². The Bertz CT molecular complexity index is 784. The summed E-state index contributed by atoms with van der Waals surface area (Å²) in [5.74, 6) is 1.12. The van der Waals surface area contributed by atoms with E-state index in [4.69, 9.17) is 4.74 Å². The summed E-state index contributed by atoms with van der Waals surface area (Å²) >= 11 is 0. The van der Waals surface area contributed by atoms with E-state index in [2.05, 4.69) is 6.92 Å².